The highest BCUT2D eigenvalue weighted by atomic mass is 14.2. The van der Waals surface area contributed by atoms with Gasteiger partial charge in [-0.05, 0) is 95.2 Å². The van der Waals surface area contributed by atoms with E-state index in [1.54, 1.807) is 0 Å². The lowest BCUT2D eigenvalue weighted by molar-refractivity contribution is 0.728. The minimum atomic E-state index is 1.17. The van der Waals surface area contributed by atoms with Crippen LogP contribution in [0.3, 0.4) is 0 Å². The highest BCUT2D eigenvalue weighted by molar-refractivity contribution is 5.87. The second kappa shape index (κ2) is 7.95. The summed E-state index contributed by atoms with van der Waals surface area (Å²) in [5, 5.41) is 0. The van der Waals surface area contributed by atoms with Gasteiger partial charge in [0.15, 0.2) is 0 Å². The van der Waals surface area contributed by atoms with Crippen LogP contribution in [0.25, 0.3) is 33.4 Å². The zero-order valence-corrected chi connectivity index (χ0v) is 17.9. The largest absolute Gasteiger partial charge is 0.0622 e. The normalized spacial score (nSPS) is 13.1. The van der Waals surface area contributed by atoms with Crippen molar-refractivity contribution >= 4 is 0 Å². The third kappa shape index (κ3) is 3.27. The minimum absolute atomic E-state index is 1.17. The zero-order chi connectivity index (χ0) is 20.5. The van der Waals surface area contributed by atoms with E-state index in [1.807, 2.05) is 0 Å². The van der Waals surface area contributed by atoms with Gasteiger partial charge in [0, 0.05) is 0 Å². The summed E-state index contributed by atoms with van der Waals surface area (Å²) in [5.74, 6) is 0. The van der Waals surface area contributed by atoms with Crippen LogP contribution in [0, 0.1) is 13.8 Å². The number of hydrogen-bond acceptors (Lipinski definition) is 0. The average Bonchev–Trinajstić information content (AvgIpc) is 2.77. The molecule has 0 atom stereocenters. The minimum Gasteiger partial charge on any atom is -0.0622 e. The van der Waals surface area contributed by atoms with Gasteiger partial charge in [0.05, 0.1) is 0 Å². The molecule has 0 heterocycles. The highest BCUT2D eigenvalue weighted by Gasteiger charge is 2.21. The Balaban J connectivity index is 1.79. The summed E-state index contributed by atoms with van der Waals surface area (Å²) in [6.45, 7) is 4.64. The van der Waals surface area contributed by atoms with Gasteiger partial charge < -0.3 is 0 Å². The van der Waals surface area contributed by atoms with E-state index in [2.05, 4.69) is 98.8 Å². The number of aryl methyl sites for hydroxylation is 2. The van der Waals surface area contributed by atoms with Crippen molar-refractivity contribution in [1.29, 1.82) is 0 Å². The molecule has 0 spiro atoms. The summed E-state index contributed by atoms with van der Waals surface area (Å²) in [5.41, 5.74) is 14.1. The van der Waals surface area contributed by atoms with Crippen LogP contribution in [0.2, 0.25) is 0 Å². The molecule has 0 unspecified atom stereocenters. The fraction of sp³-hybridized carbons (Fsp3) is 0.200. The van der Waals surface area contributed by atoms with Gasteiger partial charge in [0.1, 0.15) is 0 Å². The van der Waals surface area contributed by atoms with Crippen LogP contribution in [-0.4, -0.2) is 0 Å². The van der Waals surface area contributed by atoms with Gasteiger partial charge in [-0.15, -0.1) is 0 Å². The summed E-state index contributed by atoms with van der Waals surface area (Å²) in [6, 6.07) is 31.1. The molecule has 148 valence electrons. The van der Waals surface area contributed by atoms with Gasteiger partial charge in [0.25, 0.3) is 0 Å². The number of fused-ring (bicyclic) bond motifs is 3. The Kier molecular flexibility index (Phi) is 5.01. The topological polar surface area (TPSA) is 0 Å². The maximum atomic E-state index is 2.38. The monoisotopic (exact) mass is 388 g/mol. The quantitative estimate of drug-likeness (QED) is 0.325. The van der Waals surface area contributed by atoms with Crippen molar-refractivity contribution in [3.63, 3.8) is 0 Å². The fourth-order valence-corrected chi connectivity index (χ4v) is 5.14. The van der Waals surface area contributed by atoms with Gasteiger partial charge in [0.2, 0.25) is 0 Å². The first kappa shape index (κ1) is 18.9. The van der Waals surface area contributed by atoms with Crippen molar-refractivity contribution in [2.24, 2.45) is 0 Å². The average molecular weight is 389 g/mol. The van der Waals surface area contributed by atoms with E-state index in [4.69, 9.17) is 0 Å². The van der Waals surface area contributed by atoms with E-state index in [0.717, 1.165) is 0 Å². The van der Waals surface area contributed by atoms with E-state index in [9.17, 15) is 0 Å². The van der Waals surface area contributed by atoms with E-state index >= 15 is 0 Å². The Hall–Kier alpha value is -3.12. The first-order valence-electron chi connectivity index (χ1n) is 11.1. The van der Waals surface area contributed by atoms with Gasteiger partial charge in [-0.2, -0.15) is 0 Å². The molecule has 0 fully saturated rings. The Bertz CT molecular complexity index is 1090. The fourth-order valence-electron chi connectivity index (χ4n) is 5.14. The molecule has 1 aliphatic rings. The highest BCUT2D eigenvalue weighted by Crippen LogP contribution is 2.42. The van der Waals surface area contributed by atoms with Crippen LogP contribution in [0.1, 0.15) is 35.1 Å². The first-order valence-corrected chi connectivity index (χ1v) is 11.1. The van der Waals surface area contributed by atoms with Crippen LogP contribution >= 0.6 is 0 Å². The predicted molar refractivity (Wildman–Crippen MR) is 129 cm³/mol. The van der Waals surface area contributed by atoms with Gasteiger partial charge in [-0.25, -0.2) is 0 Å². The van der Waals surface area contributed by atoms with Crippen molar-refractivity contribution in [2.75, 3.05) is 0 Å². The summed E-state index contributed by atoms with van der Waals surface area (Å²) in [4.78, 5) is 0. The Morgan fingerprint density at radius 2 is 0.867 bits per heavy atom. The lowest BCUT2D eigenvalue weighted by Crippen LogP contribution is -2.05. The molecule has 0 saturated carbocycles. The molecule has 30 heavy (non-hydrogen) atoms. The Labute approximate surface area is 180 Å². The molecule has 0 heteroatoms. The van der Waals surface area contributed by atoms with E-state index < -0.39 is 0 Å². The molecule has 4 aromatic rings. The first-order chi connectivity index (χ1) is 14.7. The Morgan fingerprint density at radius 3 is 1.27 bits per heavy atom. The number of hydrogen-bond donors (Lipinski definition) is 0. The predicted octanol–water partition coefficient (Wildman–Crippen LogP) is 8.18. The Morgan fingerprint density at radius 1 is 0.467 bits per heavy atom. The SMILES string of the molecule is Cc1c(-c2ccccc2)ccc2c1-c1c(ccc(-c3ccccc3)c1C)CCCC2. The molecule has 0 aliphatic heterocycles. The van der Waals surface area contributed by atoms with Gasteiger partial charge in [-0.1, -0.05) is 84.9 Å². The van der Waals surface area contributed by atoms with Crippen molar-refractivity contribution in [3.05, 3.63) is 107 Å². The smallest absolute Gasteiger partial charge is 0.0111 e. The molecule has 1 aliphatic carbocycles. The van der Waals surface area contributed by atoms with Crippen LogP contribution in [0.4, 0.5) is 0 Å². The van der Waals surface area contributed by atoms with E-state index in [0.29, 0.717) is 0 Å². The lowest BCUT2D eigenvalue weighted by atomic mass is 9.79. The summed E-state index contributed by atoms with van der Waals surface area (Å²) < 4.78 is 0. The van der Waals surface area contributed by atoms with Crippen LogP contribution in [0.5, 0.6) is 0 Å². The summed E-state index contributed by atoms with van der Waals surface area (Å²) in [6.07, 6.45) is 4.85. The molecule has 0 N–H and O–H groups in total. The van der Waals surface area contributed by atoms with Crippen LogP contribution in [0.15, 0.2) is 84.9 Å². The zero-order valence-electron chi connectivity index (χ0n) is 17.9. The second-order valence-corrected chi connectivity index (χ2v) is 8.48. The summed E-state index contributed by atoms with van der Waals surface area (Å²) in [7, 11) is 0. The molecule has 0 saturated heterocycles. The van der Waals surface area contributed by atoms with Gasteiger partial charge in [-0.3, -0.25) is 0 Å². The second-order valence-electron chi connectivity index (χ2n) is 8.48. The molecular weight excluding hydrogens is 360 g/mol. The molecule has 0 aromatic heterocycles. The third-order valence-corrected chi connectivity index (χ3v) is 6.66. The molecule has 5 rings (SSSR count). The van der Waals surface area contributed by atoms with E-state index in [1.165, 1.54) is 81.3 Å². The molecule has 0 bridgehead atoms. The standard InChI is InChI=1S/C30H28/c1-21-27(23-11-5-3-6-12-23)19-17-25-15-9-10-16-26-18-20-28(22(2)30(26)29(21)25)24-13-7-4-8-14-24/h3-8,11-14,17-20H,9-10,15-16H2,1-2H3. The number of benzene rings is 4. The molecule has 0 amide bonds. The molecule has 0 nitrogen and oxygen atoms in total. The van der Waals surface area contributed by atoms with Crippen LogP contribution < -0.4 is 0 Å². The van der Waals surface area contributed by atoms with Crippen molar-refractivity contribution in [1.82, 2.24) is 0 Å². The van der Waals surface area contributed by atoms with Crippen molar-refractivity contribution in [2.45, 2.75) is 39.5 Å². The van der Waals surface area contributed by atoms with Crippen molar-refractivity contribution < 1.29 is 0 Å². The van der Waals surface area contributed by atoms with Crippen LogP contribution in [-0.2, 0) is 12.8 Å². The third-order valence-electron chi connectivity index (χ3n) is 6.66. The number of rotatable bonds is 2. The summed E-state index contributed by atoms with van der Waals surface area (Å²) >= 11 is 0. The van der Waals surface area contributed by atoms with Crippen molar-refractivity contribution in [3.8, 4) is 33.4 Å². The molecular formula is C30H28. The maximum absolute atomic E-state index is 2.38. The lowest BCUT2D eigenvalue weighted by Gasteiger charge is -2.25. The molecule has 0 radical (unpaired) electrons. The van der Waals surface area contributed by atoms with E-state index in [-0.39, 0.29) is 0 Å². The maximum Gasteiger partial charge on any atom is -0.0111 e. The van der Waals surface area contributed by atoms with Gasteiger partial charge >= 0.3 is 0 Å². The molecule has 4 aromatic carbocycles.